The Morgan fingerprint density at radius 1 is 0.829 bits per heavy atom. The Morgan fingerprint density at radius 3 is 1.91 bits per heavy atom. The van der Waals surface area contributed by atoms with Crippen molar-refractivity contribution in [1.82, 2.24) is 4.57 Å². The van der Waals surface area contributed by atoms with Gasteiger partial charge in [0.1, 0.15) is 17.2 Å². The molecule has 7 nitrogen and oxygen atoms in total. The summed E-state index contributed by atoms with van der Waals surface area (Å²) in [4.78, 5) is 25.2. The standard InChI is InChI=1S/C28H27NO6/c1-17-25(26(30)18-6-10-20(33-4)11-7-18)23-15-14-22(35-28(2,3)27(31)32)16-24(23)29(17)19-8-12-21(34-5)13-9-19/h6-16H,1-5H3,(H,31,32). The van der Waals surface area contributed by atoms with Gasteiger partial charge in [-0.05, 0) is 81.4 Å². The first-order valence-corrected chi connectivity index (χ1v) is 11.1. The number of aromatic nitrogens is 1. The maximum absolute atomic E-state index is 13.6. The summed E-state index contributed by atoms with van der Waals surface area (Å²) in [5, 5.41) is 10.2. The quantitative estimate of drug-likeness (QED) is 0.344. The number of hydrogen-bond acceptors (Lipinski definition) is 5. The van der Waals surface area contributed by atoms with E-state index in [1.807, 2.05) is 35.8 Å². The van der Waals surface area contributed by atoms with Gasteiger partial charge in [0.25, 0.3) is 0 Å². The molecule has 7 heteroatoms. The second-order valence-corrected chi connectivity index (χ2v) is 8.65. The number of fused-ring (bicyclic) bond motifs is 1. The number of carbonyl (C=O) groups excluding carboxylic acids is 1. The van der Waals surface area contributed by atoms with Crippen LogP contribution in [0, 0.1) is 6.92 Å². The maximum Gasteiger partial charge on any atom is 0.347 e. The van der Waals surface area contributed by atoms with E-state index in [0.717, 1.165) is 22.3 Å². The monoisotopic (exact) mass is 473 g/mol. The number of carbonyl (C=O) groups is 2. The molecule has 0 atom stereocenters. The molecule has 1 heterocycles. The predicted octanol–water partition coefficient (Wildman–Crippen LogP) is 5.43. The van der Waals surface area contributed by atoms with Crippen LogP contribution in [0.25, 0.3) is 16.6 Å². The van der Waals surface area contributed by atoms with Crippen LogP contribution in [-0.2, 0) is 4.79 Å². The molecule has 4 aromatic rings. The van der Waals surface area contributed by atoms with E-state index in [2.05, 4.69) is 0 Å². The molecule has 0 aliphatic carbocycles. The maximum atomic E-state index is 13.6. The zero-order valence-electron chi connectivity index (χ0n) is 20.3. The highest BCUT2D eigenvalue weighted by Crippen LogP contribution is 2.35. The second kappa shape index (κ2) is 9.18. The molecule has 180 valence electrons. The molecule has 1 N–H and O–H groups in total. The normalized spacial score (nSPS) is 11.3. The van der Waals surface area contributed by atoms with E-state index in [4.69, 9.17) is 14.2 Å². The van der Waals surface area contributed by atoms with Crippen LogP contribution in [0.15, 0.2) is 66.7 Å². The Hall–Kier alpha value is -4.26. The van der Waals surface area contributed by atoms with E-state index in [-0.39, 0.29) is 5.78 Å². The first-order chi connectivity index (χ1) is 16.7. The summed E-state index contributed by atoms with van der Waals surface area (Å²) in [6.07, 6.45) is 0. The summed E-state index contributed by atoms with van der Waals surface area (Å²) < 4.78 is 18.3. The number of ketones is 1. The summed E-state index contributed by atoms with van der Waals surface area (Å²) in [5.41, 5.74) is 1.99. The lowest BCUT2D eigenvalue weighted by Gasteiger charge is -2.21. The van der Waals surface area contributed by atoms with Crippen LogP contribution in [0.3, 0.4) is 0 Å². The van der Waals surface area contributed by atoms with Gasteiger partial charge in [0.05, 0.1) is 25.3 Å². The molecule has 0 bridgehead atoms. The minimum Gasteiger partial charge on any atom is -0.497 e. The molecule has 35 heavy (non-hydrogen) atoms. The fourth-order valence-electron chi connectivity index (χ4n) is 4.03. The molecule has 1 aromatic heterocycles. The molecule has 0 saturated carbocycles. The number of ether oxygens (including phenoxy) is 3. The number of nitrogens with zero attached hydrogens (tertiary/aromatic N) is 1. The molecule has 0 radical (unpaired) electrons. The summed E-state index contributed by atoms with van der Waals surface area (Å²) >= 11 is 0. The van der Waals surface area contributed by atoms with Crippen LogP contribution < -0.4 is 14.2 Å². The van der Waals surface area contributed by atoms with Crippen LogP contribution in [0.1, 0.15) is 35.5 Å². The van der Waals surface area contributed by atoms with Crippen molar-refractivity contribution in [2.24, 2.45) is 0 Å². The number of hydrogen-bond donors (Lipinski definition) is 1. The van der Waals surface area contributed by atoms with Crippen molar-refractivity contribution in [3.8, 4) is 22.9 Å². The smallest absolute Gasteiger partial charge is 0.347 e. The van der Waals surface area contributed by atoms with E-state index in [9.17, 15) is 14.7 Å². The first-order valence-electron chi connectivity index (χ1n) is 11.1. The van der Waals surface area contributed by atoms with E-state index in [1.54, 1.807) is 56.7 Å². The van der Waals surface area contributed by atoms with Gasteiger partial charge in [-0.2, -0.15) is 0 Å². The van der Waals surface area contributed by atoms with Crippen molar-refractivity contribution in [1.29, 1.82) is 0 Å². The number of benzene rings is 3. The summed E-state index contributed by atoms with van der Waals surface area (Å²) in [5.74, 6) is 0.573. The van der Waals surface area contributed by atoms with E-state index < -0.39 is 11.6 Å². The van der Waals surface area contributed by atoms with Gasteiger partial charge in [-0.3, -0.25) is 4.79 Å². The van der Waals surface area contributed by atoms with Gasteiger partial charge in [-0.1, -0.05) is 0 Å². The topological polar surface area (TPSA) is 87.0 Å². The zero-order valence-corrected chi connectivity index (χ0v) is 20.3. The van der Waals surface area contributed by atoms with Gasteiger partial charge >= 0.3 is 5.97 Å². The van der Waals surface area contributed by atoms with Gasteiger partial charge in [0, 0.05) is 28.4 Å². The van der Waals surface area contributed by atoms with Gasteiger partial charge in [0.2, 0.25) is 0 Å². The van der Waals surface area contributed by atoms with Crippen LogP contribution in [0.4, 0.5) is 0 Å². The van der Waals surface area contributed by atoms with Gasteiger partial charge in [0.15, 0.2) is 11.4 Å². The molecule has 3 aromatic carbocycles. The van der Waals surface area contributed by atoms with Crippen molar-refractivity contribution in [3.05, 3.63) is 83.6 Å². The SMILES string of the molecule is COc1ccc(C(=O)c2c(C)n(-c3ccc(OC)cc3)c3cc(OC(C)(C)C(=O)O)ccc23)cc1. The lowest BCUT2D eigenvalue weighted by Crippen LogP contribution is -2.37. The number of carboxylic acid groups (broad SMARTS) is 1. The molecule has 0 amide bonds. The predicted molar refractivity (Wildman–Crippen MR) is 133 cm³/mol. The van der Waals surface area contributed by atoms with Crippen molar-refractivity contribution >= 4 is 22.7 Å². The minimum absolute atomic E-state index is 0.123. The lowest BCUT2D eigenvalue weighted by atomic mass is 10.0. The third kappa shape index (κ3) is 4.45. The number of rotatable bonds is 8. The largest absolute Gasteiger partial charge is 0.497 e. The van der Waals surface area contributed by atoms with E-state index >= 15 is 0 Å². The Bertz CT molecular complexity index is 1400. The van der Waals surface area contributed by atoms with Gasteiger partial charge < -0.3 is 23.9 Å². The zero-order chi connectivity index (χ0) is 25.3. The van der Waals surface area contributed by atoms with Crippen molar-refractivity contribution in [3.63, 3.8) is 0 Å². The lowest BCUT2D eigenvalue weighted by molar-refractivity contribution is -0.152. The van der Waals surface area contributed by atoms with Crippen LogP contribution >= 0.6 is 0 Å². The van der Waals surface area contributed by atoms with Crippen molar-refractivity contribution < 1.29 is 28.9 Å². The average molecular weight is 474 g/mol. The Morgan fingerprint density at radius 2 is 1.37 bits per heavy atom. The second-order valence-electron chi connectivity index (χ2n) is 8.65. The molecule has 0 aliphatic rings. The molecule has 0 saturated heterocycles. The molecule has 0 unspecified atom stereocenters. The molecule has 0 fully saturated rings. The highest BCUT2D eigenvalue weighted by atomic mass is 16.5. The van der Waals surface area contributed by atoms with Crippen LogP contribution in [0.5, 0.6) is 17.2 Å². The Balaban J connectivity index is 1.91. The fourth-order valence-corrected chi connectivity index (χ4v) is 4.03. The number of methoxy groups -OCH3 is 2. The van der Waals surface area contributed by atoms with Crippen molar-refractivity contribution in [2.45, 2.75) is 26.4 Å². The highest BCUT2D eigenvalue weighted by molar-refractivity contribution is 6.18. The first kappa shape index (κ1) is 23.9. The molecular formula is C28H27NO6. The van der Waals surface area contributed by atoms with E-state index in [1.165, 1.54) is 13.8 Å². The fraction of sp³-hybridized carbons (Fsp3) is 0.214. The number of aliphatic carboxylic acids is 1. The Kier molecular flexibility index (Phi) is 6.26. The van der Waals surface area contributed by atoms with Crippen LogP contribution in [0.2, 0.25) is 0 Å². The molecule has 4 rings (SSSR count). The highest BCUT2D eigenvalue weighted by Gasteiger charge is 2.30. The summed E-state index contributed by atoms with van der Waals surface area (Å²) in [6.45, 7) is 4.88. The molecule has 0 spiro atoms. The summed E-state index contributed by atoms with van der Waals surface area (Å²) in [7, 11) is 3.18. The van der Waals surface area contributed by atoms with Crippen LogP contribution in [-0.4, -0.2) is 41.2 Å². The average Bonchev–Trinajstić information content (AvgIpc) is 3.14. The van der Waals surface area contributed by atoms with Gasteiger partial charge in [-0.25, -0.2) is 4.79 Å². The third-order valence-electron chi connectivity index (χ3n) is 5.97. The molecule has 0 aliphatic heterocycles. The summed E-state index contributed by atoms with van der Waals surface area (Å²) in [6, 6.07) is 19.7. The third-order valence-corrected chi connectivity index (χ3v) is 5.97. The van der Waals surface area contributed by atoms with Gasteiger partial charge in [-0.15, -0.1) is 0 Å². The Labute approximate surface area is 203 Å². The van der Waals surface area contributed by atoms with Crippen molar-refractivity contribution in [2.75, 3.05) is 14.2 Å². The van der Waals surface area contributed by atoms with E-state index in [0.29, 0.717) is 28.4 Å². The number of carboxylic acids is 1. The molecular weight excluding hydrogens is 446 g/mol. The minimum atomic E-state index is -1.41.